The van der Waals surface area contributed by atoms with Gasteiger partial charge in [-0.1, -0.05) is 26.7 Å². The van der Waals surface area contributed by atoms with Crippen LogP contribution in [-0.4, -0.2) is 34.8 Å². The maximum Gasteiger partial charge on any atom is 0.247 e. The van der Waals surface area contributed by atoms with E-state index in [-0.39, 0.29) is 23.9 Å². The number of nitrogens with one attached hydrogen (secondary N) is 1. The van der Waals surface area contributed by atoms with E-state index >= 15 is 0 Å². The zero-order chi connectivity index (χ0) is 15.0. The summed E-state index contributed by atoms with van der Waals surface area (Å²) in [5.41, 5.74) is 0.434. The van der Waals surface area contributed by atoms with Gasteiger partial charge in [0.25, 0.3) is 0 Å². The number of hydrogen-bond donors (Lipinski definition) is 1. The van der Waals surface area contributed by atoms with E-state index in [0.717, 1.165) is 38.5 Å². The Morgan fingerprint density at radius 3 is 2.29 bits per heavy atom. The Labute approximate surface area is 127 Å². The van der Waals surface area contributed by atoms with Gasteiger partial charge in [0, 0.05) is 12.1 Å². The summed E-state index contributed by atoms with van der Waals surface area (Å²) in [5, 5.41) is 3.48. The maximum absolute atomic E-state index is 12.5. The molecule has 1 N–H and O–H groups in total. The summed E-state index contributed by atoms with van der Waals surface area (Å²) in [6.45, 7) is 4.63. The Hall–Kier alpha value is -0.900. The molecule has 3 fully saturated rings. The quantitative estimate of drug-likeness (QED) is 0.814. The molecule has 4 nitrogen and oxygen atoms in total. The van der Waals surface area contributed by atoms with Crippen LogP contribution >= 0.6 is 0 Å². The second kappa shape index (κ2) is 5.71. The standard InChI is InChI=1S/C17H28N2O2/c1-17(2)9-7-12(8-10-17)18-14-11-15(20)19(16(14)21)13-5-3-4-6-13/h12-14,18H,3-11H2,1-2H3. The topological polar surface area (TPSA) is 49.4 Å². The van der Waals surface area contributed by atoms with Crippen LogP contribution in [-0.2, 0) is 9.59 Å². The van der Waals surface area contributed by atoms with Crippen LogP contribution in [0.2, 0.25) is 0 Å². The van der Waals surface area contributed by atoms with Gasteiger partial charge in [-0.3, -0.25) is 14.5 Å². The SMILES string of the molecule is CC1(C)CCC(NC2CC(=O)N(C3CCCC3)C2=O)CC1. The van der Waals surface area contributed by atoms with Crippen LogP contribution in [0.25, 0.3) is 0 Å². The van der Waals surface area contributed by atoms with Gasteiger partial charge >= 0.3 is 0 Å². The lowest BCUT2D eigenvalue weighted by Gasteiger charge is -2.35. The van der Waals surface area contributed by atoms with Gasteiger partial charge in [-0.2, -0.15) is 0 Å². The fraction of sp³-hybridized carbons (Fsp3) is 0.882. The largest absolute Gasteiger partial charge is 0.303 e. The highest BCUT2D eigenvalue weighted by molar-refractivity contribution is 6.05. The number of amides is 2. The molecule has 2 amide bonds. The van der Waals surface area contributed by atoms with Gasteiger partial charge in [0.1, 0.15) is 0 Å². The van der Waals surface area contributed by atoms with Crippen molar-refractivity contribution in [1.82, 2.24) is 10.2 Å². The van der Waals surface area contributed by atoms with Crippen molar-refractivity contribution in [2.45, 2.75) is 89.8 Å². The smallest absolute Gasteiger partial charge is 0.247 e. The Bertz CT molecular complexity index is 417. The Kier molecular flexibility index (Phi) is 4.08. The van der Waals surface area contributed by atoms with Gasteiger partial charge in [0.15, 0.2) is 0 Å². The molecule has 4 heteroatoms. The highest BCUT2D eigenvalue weighted by Gasteiger charge is 2.43. The van der Waals surface area contributed by atoms with E-state index in [0.29, 0.717) is 17.9 Å². The second-order valence-corrected chi connectivity index (χ2v) is 7.90. The normalized spacial score (nSPS) is 31.3. The number of likely N-dealkylation sites (tertiary alicyclic amines) is 1. The predicted octanol–water partition coefficient (Wildman–Crippen LogP) is 2.61. The number of hydrogen-bond acceptors (Lipinski definition) is 3. The van der Waals surface area contributed by atoms with E-state index in [1.807, 2.05) is 0 Å². The number of imide groups is 1. The molecule has 0 aromatic heterocycles. The molecule has 0 spiro atoms. The first-order chi connectivity index (χ1) is 9.96. The summed E-state index contributed by atoms with van der Waals surface area (Å²) in [5.74, 6) is 0.0808. The van der Waals surface area contributed by atoms with E-state index in [2.05, 4.69) is 19.2 Å². The summed E-state index contributed by atoms with van der Waals surface area (Å²) in [7, 11) is 0. The molecule has 1 atom stereocenters. The van der Waals surface area contributed by atoms with Gasteiger partial charge in [-0.15, -0.1) is 0 Å². The minimum Gasteiger partial charge on any atom is -0.303 e. The van der Waals surface area contributed by atoms with E-state index in [1.165, 1.54) is 12.8 Å². The van der Waals surface area contributed by atoms with Crippen molar-refractivity contribution >= 4 is 11.8 Å². The Balaban J connectivity index is 1.57. The highest BCUT2D eigenvalue weighted by Crippen LogP contribution is 2.36. The first kappa shape index (κ1) is 15.0. The fourth-order valence-electron chi connectivity index (χ4n) is 4.18. The molecule has 118 valence electrons. The Morgan fingerprint density at radius 2 is 1.67 bits per heavy atom. The molecule has 1 aliphatic heterocycles. The number of nitrogens with zero attached hydrogens (tertiary/aromatic N) is 1. The van der Waals surface area contributed by atoms with E-state index in [9.17, 15) is 9.59 Å². The third kappa shape index (κ3) is 3.15. The van der Waals surface area contributed by atoms with E-state index < -0.39 is 0 Å². The molecular weight excluding hydrogens is 264 g/mol. The van der Waals surface area contributed by atoms with Gasteiger partial charge in [0.2, 0.25) is 11.8 Å². The second-order valence-electron chi connectivity index (χ2n) is 7.90. The van der Waals surface area contributed by atoms with Crippen molar-refractivity contribution in [3.8, 4) is 0 Å². The molecule has 2 saturated carbocycles. The fourth-order valence-corrected chi connectivity index (χ4v) is 4.18. The van der Waals surface area contributed by atoms with Crippen molar-refractivity contribution in [2.24, 2.45) is 5.41 Å². The molecule has 21 heavy (non-hydrogen) atoms. The molecule has 1 saturated heterocycles. The van der Waals surface area contributed by atoms with Crippen molar-refractivity contribution in [3.63, 3.8) is 0 Å². The molecule has 2 aliphatic carbocycles. The van der Waals surface area contributed by atoms with Gasteiger partial charge in [-0.25, -0.2) is 0 Å². The summed E-state index contributed by atoms with van der Waals surface area (Å²) in [6.07, 6.45) is 9.31. The average Bonchev–Trinajstić information content (AvgIpc) is 3.02. The number of carbonyl (C=O) groups excluding carboxylic acids is 2. The van der Waals surface area contributed by atoms with Crippen LogP contribution in [0.5, 0.6) is 0 Å². The molecule has 3 rings (SSSR count). The van der Waals surface area contributed by atoms with Crippen LogP contribution in [0.3, 0.4) is 0 Å². The van der Waals surface area contributed by atoms with Crippen molar-refractivity contribution in [1.29, 1.82) is 0 Å². The summed E-state index contributed by atoms with van der Waals surface area (Å²) < 4.78 is 0. The van der Waals surface area contributed by atoms with E-state index in [4.69, 9.17) is 0 Å². The maximum atomic E-state index is 12.5. The highest BCUT2D eigenvalue weighted by atomic mass is 16.2. The summed E-state index contributed by atoms with van der Waals surface area (Å²) in [6, 6.07) is 0.328. The van der Waals surface area contributed by atoms with Crippen molar-refractivity contribution in [3.05, 3.63) is 0 Å². The first-order valence-corrected chi connectivity index (χ1v) is 8.58. The molecular formula is C17H28N2O2. The lowest BCUT2D eigenvalue weighted by molar-refractivity contribution is -0.141. The molecule has 1 unspecified atom stereocenters. The lowest BCUT2D eigenvalue weighted by atomic mass is 9.75. The van der Waals surface area contributed by atoms with Crippen LogP contribution in [0.15, 0.2) is 0 Å². The number of carbonyl (C=O) groups is 2. The monoisotopic (exact) mass is 292 g/mol. The Morgan fingerprint density at radius 1 is 1.05 bits per heavy atom. The van der Waals surface area contributed by atoms with Crippen LogP contribution in [0.4, 0.5) is 0 Å². The van der Waals surface area contributed by atoms with Gasteiger partial charge in [-0.05, 0) is 43.9 Å². The zero-order valence-corrected chi connectivity index (χ0v) is 13.4. The van der Waals surface area contributed by atoms with E-state index in [1.54, 1.807) is 4.90 Å². The first-order valence-electron chi connectivity index (χ1n) is 8.58. The predicted molar refractivity (Wildman–Crippen MR) is 81.7 cm³/mol. The average molecular weight is 292 g/mol. The van der Waals surface area contributed by atoms with Crippen LogP contribution in [0, 0.1) is 5.41 Å². The lowest BCUT2D eigenvalue weighted by Crippen LogP contribution is -2.47. The van der Waals surface area contributed by atoms with Gasteiger partial charge < -0.3 is 5.32 Å². The van der Waals surface area contributed by atoms with Gasteiger partial charge in [0.05, 0.1) is 12.5 Å². The third-order valence-electron chi connectivity index (χ3n) is 5.65. The van der Waals surface area contributed by atoms with Crippen LogP contribution in [0.1, 0.15) is 71.6 Å². The van der Waals surface area contributed by atoms with Crippen molar-refractivity contribution in [2.75, 3.05) is 0 Å². The van der Waals surface area contributed by atoms with Crippen molar-refractivity contribution < 1.29 is 9.59 Å². The molecule has 3 aliphatic rings. The summed E-state index contributed by atoms with van der Waals surface area (Å²) in [4.78, 5) is 26.3. The molecule has 0 radical (unpaired) electrons. The third-order valence-corrected chi connectivity index (χ3v) is 5.65. The minimum absolute atomic E-state index is 0.0386. The molecule has 1 heterocycles. The zero-order valence-electron chi connectivity index (χ0n) is 13.4. The molecule has 0 bridgehead atoms. The molecule has 0 aromatic carbocycles. The molecule has 0 aromatic rings. The van der Waals surface area contributed by atoms with Crippen LogP contribution < -0.4 is 5.32 Å². The minimum atomic E-state index is -0.260. The number of rotatable bonds is 3. The summed E-state index contributed by atoms with van der Waals surface area (Å²) >= 11 is 0.